The minimum atomic E-state index is -3.84. The van der Waals surface area contributed by atoms with Crippen molar-refractivity contribution in [2.24, 2.45) is 0 Å². The number of carbonyl (C=O) groups excluding carboxylic acids is 1. The van der Waals surface area contributed by atoms with Crippen LogP contribution in [0.25, 0.3) is 0 Å². The Balaban J connectivity index is 1.65. The van der Waals surface area contributed by atoms with Crippen LogP contribution in [0.3, 0.4) is 0 Å². The molecule has 0 atom stereocenters. The number of anilines is 1. The number of carbonyl (C=O) groups is 1. The fourth-order valence-electron chi connectivity index (χ4n) is 3.51. The third-order valence-corrected chi connectivity index (χ3v) is 6.82. The van der Waals surface area contributed by atoms with Gasteiger partial charge in [0.2, 0.25) is 0 Å². The normalized spacial score (nSPS) is 11.1. The Hall–Kier alpha value is -3.32. The predicted octanol–water partition coefficient (Wildman–Crippen LogP) is 4.87. The molecule has 174 valence electrons. The van der Waals surface area contributed by atoms with Crippen molar-refractivity contribution in [1.82, 2.24) is 5.32 Å². The number of amides is 1. The molecule has 0 aliphatic rings. The molecule has 0 bridgehead atoms. The molecule has 6 nitrogen and oxygen atoms in total. The Morgan fingerprint density at radius 1 is 0.939 bits per heavy atom. The van der Waals surface area contributed by atoms with Crippen molar-refractivity contribution in [3.63, 3.8) is 0 Å². The van der Waals surface area contributed by atoms with E-state index in [0.717, 1.165) is 29.7 Å². The van der Waals surface area contributed by atoms with Crippen molar-refractivity contribution >= 4 is 21.6 Å². The molecule has 3 aromatic carbocycles. The van der Waals surface area contributed by atoms with Gasteiger partial charge in [-0.05, 0) is 74.6 Å². The standard InChI is InChI=1S/C26H30N2O4S/c1-4-32-24-14-8-6-11-21(24)12-9-17-27-26(29)22-16-15-20(3)25(18-22)33(30,31)28-23-13-7-5-10-19(23)2/h5-8,10-11,13-16,18,28H,4,9,12,17H2,1-3H3,(H,27,29). The number of rotatable bonds is 10. The van der Waals surface area contributed by atoms with E-state index in [1.165, 1.54) is 6.07 Å². The van der Waals surface area contributed by atoms with Gasteiger partial charge in [-0.15, -0.1) is 0 Å². The molecule has 0 fully saturated rings. The molecule has 33 heavy (non-hydrogen) atoms. The largest absolute Gasteiger partial charge is 0.494 e. The molecule has 0 radical (unpaired) electrons. The van der Waals surface area contributed by atoms with Gasteiger partial charge in [0.1, 0.15) is 5.75 Å². The number of hydrogen-bond acceptors (Lipinski definition) is 4. The Morgan fingerprint density at radius 2 is 1.67 bits per heavy atom. The van der Waals surface area contributed by atoms with Gasteiger partial charge in [-0.1, -0.05) is 42.5 Å². The summed E-state index contributed by atoms with van der Waals surface area (Å²) in [6.07, 6.45) is 1.51. The summed E-state index contributed by atoms with van der Waals surface area (Å²) in [5.41, 5.74) is 3.30. The zero-order chi connectivity index (χ0) is 23.8. The lowest BCUT2D eigenvalue weighted by Gasteiger charge is -2.14. The second kappa shape index (κ2) is 11.0. The molecule has 0 aliphatic carbocycles. The van der Waals surface area contributed by atoms with Crippen LogP contribution in [0.5, 0.6) is 5.75 Å². The van der Waals surface area contributed by atoms with E-state index in [1.54, 1.807) is 31.2 Å². The van der Waals surface area contributed by atoms with Crippen LogP contribution in [0, 0.1) is 13.8 Å². The second-order valence-electron chi connectivity index (χ2n) is 7.80. The summed E-state index contributed by atoms with van der Waals surface area (Å²) in [4.78, 5) is 12.8. The number of sulfonamides is 1. The van der Waals surface area contributed by atoms with E-state index in [0.29, 0.717) is 30.0 Å². The fraction of sp³-hybridized carbons (Fsp3) is 0.269. The number of ether oxygens (including phenoxy) is 1. The first-order valence-corrected chi connectivity index (χ1v) is 12.5. The molecule has 0 heterocycles. The molecule has 0 spiro atoms. The summed E-state index contributed by atoms with van der Waals surface area (Å²) < 4.78 is 34.3. The van der Waals surface area contributed by atoms with E-state index in [4.69, 9.17) is 4.74 Å². The Morgan fingerprint density at radius 3 is 2.42 bits per heavy atom. The molecular formula is C26H30N2O4S. The summed E-state index contributed by atoms with van der Waals surface area (Å²) >= 11 is 0. The average molecular weight is 467 g/mol. The van der Waals surface area contributed by atoms with Gasteiger partial charge >= 0.3 is 0 Å². The highest BCUT2D eigenvalue weighted by Crippen LogP contribution is 2.23. The van der Waals surface area contributed by atoms with Gasteiger partial charge in [-0.25, -0.2) is 8.42 Å². The Labute approximate surface area is 196 Å². The number of nitrogens with one attached hydrogen (secondary N) is 2. The van der Waals surface area contributed by atoms with Gasteiger partial charge in [-0.3, -0.25) is 9.52 Å². The van der Waals surface area contributed by atoms with Gasteiger partial charge in [0.05, 0.1) is 17.2 Å². The van der Waals surface area contributed by atoms with Gasteiger partial charge in [-0.2, -0.15) is 0 Å². The second-order valence-corrected chi connectivity index (χ2v) is 9.45. The Kier molecular flexibility index (Phi) is 8.11. The van der Waals surface area contributed by atoms with Crippen LogP contribution in [0.15, 0.2) is 71.6 Å². The maximum atomic E-state index is 13.0. The topological polar surface area (TPSA) is 84.5 Å². The smallest absolute Gasteiger partial charge is 0.262 e. The SMILES string of the molecule is CCOc1ccccc1CCCNC(=O)c1ccc(C)c(S(=O)(=O)Nc2ccccc2C)c1. The first-order valence-electron chi connectivity index (χ1n) is 11.0. The number of benzene rings is 3. The van der Waals surface area contributed by atoms with Crippen molar-refractivity contribution in [2.75, 3.05) is 17.9 Å². The lowest BCUT2D eigenvalue weighted by Crippen LogP contribution is -2.25. The third kappa shape index (κ3) is 6.35. The van der Waals surface area contributed by atoms with Gasteiger partial charge < -0.3 is 10.1 Å². The maximum Gasteiger partial charge on any atom is 0.262 e. The summed E-state index contributed by atoms with van der Waals surface area (Å²) in [6, 6.07) is 19.7. The molecule has 2 N–H and O–H groups in total. The third-order valence-electron chi connectivity index (χ3n) is 5.31. The Bertz CT molecular complexity index is 1220. The van der Waals surface area contributed by atoms with E-state index < -0.39 is 10.0 Å². The highest BCUT2D eigenvalue weighted by Gasteiger charge is 2.20. The number of para-hydroxylation sites is 2. The van der Waals surface area contributed by atoms with Crippen LogP contribution in [0.1, 0.15) is 40.4 Å². The van der Waals surface area contributed by atoms with Gasteiger partial charge in [0.15, 0.2) is 0 Å². The monoisotopic (exact) mass is 466 g/mol. The fourth-order valence-corrected chi connectivity index (χ4v) is 4.91. The predicted molar refractivity (Wildman–Crippen MR) is 131 cm³/mol. The van der Waals surface area contributed by atoms with Crippen LogP contribution in [-0.4, -0.2) is 27.5 Å². The summed E-state index contributed by atoms with van der Waals surface area (Å²) in [5, 5.41) is 2.88. The molecule has 0 unspecified atom stereocenters. The molecule has 1 amide bonds. The van der Waals surface area contributed by atoms with Crippen LogP contribution in [0.4, 0.5) is 5.69 Å². The summed E-state index contributed by atoms with van der Waals surface area (Å²) in [7, 11) is -3.84. The van der Waals surface area contributed by atoms with Crippen LogP contribution < -0.4 is 14.8 Å². The van der Waals surface area contributed by atoms with Crippen molar-refractivity contribution in [1.29, 1.82) is 0 Å². The molecule has 0 saturated carbocycles. The first-order chi connectivity index (χ1) is 15.8. The number of aryl methyl sites for hydroxylation is 3. The van der Waals surface area contributed by atoms with Crippen molar-refractivity contribution in [3.8, 4) is 5.75 Å². The van der Waals surface area contributed by atoms with Gasteiger partial charge in [0.25, 0.3) is 15.9 Å². The highest BCUT2D eigenvalue weighted by atomic mass is 32.2. The zero-order valence-corrected chi connectivity index (χ0v) is 20.0. The van der Waals surface area contributed by atoms with Gasteiger partial charge in [0, 0.05) is 12.1 Å². The molecule has 3 aromatic rings. The maximum absolute atomic E-state index is 13.0. The summed E-state index contributed by atoms with van der Waals surface area (Å²) in [5.74, 6) is 0.557. The number of hydrogen-bond donors (Lipinski definition) is 2. The van der Waals surface area contributed by atoms with Crippen LogP contribution in [-0.2, 0) is 16.4 Å². The van der Waals surface area contributed by atoms with E-state index in [2.05, 4.69) is 10.0 Å². The van der Waals surface area contributed by atoms with E-state index in [1.807, 2.05) is 50.2 Å². The molecule has 0 aliphatic heterocycles. The van der Waals surface area contributed by atoms with E-state index in [9.17, 15) is 13.2 Å². The molecule has 0 aromatic heterocycles. The molecule has 7 heteroatoms. The zero-order valence-electron chi connectivity index (χ0n) is 19.2. The molecule has 0 saturated heterocycles. The van der Waals surface area contributed by atoms with Crippen molar-refractivity contribution in [3.05, 3.63) is 89.0 Å². The highest BCUT2D eigenvalue weighted by molar-refractivity contribution is 7.92. The van der Waals surface area contributed by atoms with E-state index in [-0.39, 0.29) is 10.8 Å². The van der Waals surface area contributed by atoms with Crippen LogP contribution >= 0.6 is 0 Å². The summed E-state index contributed by atoms with van der Waals surface area (Å²) in [6.45, 7) is 6.57. The van der Waals surface area contributed by atoms with Crippen molar-refractivity contribution < 1.29 is 17.9 Å². The molecule has 3 rings (SSSR count). The lowest BCUT2D eigenvalue weighted by molar-refractivity contribution is 0.0953. The molecular weight excluding hydrogens is 436 g/mol. The van der Waals surface area contributed by atoms with E-state index >= 15 is 0 Å². The average Bonchev–Trinajstić information content (AvgIpc) is 2.79. The quantitative estimate of drug-likeness (QED) is 0.418. The minimum Gasteiger partial charge on any atom is -0.494 e. The van der Waals surface area contributed by atoms with Crippen molar-refractivity contribution in [2.45, 2.75) is 38.5 Å². The lowest BCUT2D eigenvalue weighted by atomic mass is 10.1. The van der Waals surface area contributed by atoms with Crippen LogP contribution in [0.2, 0.25) is 0 Å². The first kappa shape index (κ1) is 24.3. The minimum absolute atomic E-state index is 0.0871.